The molecule has 2 aromatic carbocycles. The number of hydrogen-bond donors (Lipinski definition) is 1. The summed E-state index contributed by atoms with van der Waals surface area (Å²) in [6.45, 7) is 6.01. The van der Waals surface area contributed by atoms with E-state index in [4.69, 9.17) is 0 Å². The van der Waals surface area contributed by atoms with E-state index in [1.165, 1.54) is 22.9 Å². The van der Waals surface area contributed by atoms with Crippen molar-refractivity contribution in [2.24, 2.45) is 0 Å². The van der Waals surface area contributed by atoms with Crippen molar-refractivity contribution in [3.63, 3.8) is 0 Å². The lowest BCUT2D eigenvalue weighted by atomic mass is 10.0. The Bertz CT molecular complexity index is 855. The first-order valence-corrected chi connectivity index (χ1v) is 10.2. The van der Waals surface area contributed by atoms with Crippen molar-refractivity contribution in [3.8, 4) is 0 Å². The van der Waals surface area contributed by atoms with Crippen LogP contribution < -0.4 is 5.32 Å². The average molecular weight is 359 g/mol. The Morgan fingerprint density at radius 1 is 1.08 bits per heavy atom. The molecule has 0 fully saturated rings. The summed E-state index contributed by atoms with van der Waals surface area (Å²) >= 11 is 0. The van der Waals surface area contributed by atoms with E-state index in [9.17, 15) is 13.2 Å². The van der Waals surface area contributed by atoms with E-state index in [2.05, 4.69) is 37.4 Å². The largest absolute Gasteiger partial charge is 0.350 e. The highest BCUT2D eigenvalue weighted by Crippen LogP contribution is 2.17. The summed E-state index contributed by atoms with van der Waals surface area (Å²) in [6.07, 6.45) is 2.31. The van der Waals surface area contributed by atoms with Crippen LogP contribution in [-0.2, 0) is 21.1 Å². The van der Waals surface area contributed by atoms with Crippen molar-refractivity contribution in [1.82, 2.24) is 5.32 Å². The number of amides is 1. The van der Waals surface area contributed by atoms with Crippen molar-refractivity contribution in [3.05, 3.63) is 64.7 Å². The first-order chi connectivity index (χ1) is 11.7. The molecule has 0 saturated heterocycles. The van der Waals surface area contributed by atoms with Gasteiger partial charge in [0, 0.05) is 12.7 Å². The Morgan fingerprint density at radius 2 is 1.72 bits per heavy atom. The topological polar surface area (TPSA) is 63.2 Å². The number of benzene rings is 2. The van der Waals surface area contributed by atoms with Gasteiger partial charge in [-0.25, -0.2) is 8.42 Å². The first kappa shape index (κ1) is 19.2. The molecule has 1 N–H and O–H groups in total. The number of hydrogen-bond acceptors (Lipinski definition) is 3. The van der Waals surface area contributed by atoms with Gasteiger partial charge in [-0.2, -0.15) is 0 Å². The fraction of sp³-hybridized carbons (Fsp3) is 0.350. The molecule has 0 heterocycles. The van der Waals surface area contributed by atoms with E-state index in [0.29, 0.717) is 12.8 Å². The lowest BCUT2D eigenvalue weighted by molar-refractivity contribution is -0.121. The summed E-state index contributed by atoms with van der Waals surface area (Å²) in [5.41, 5.74) is 4.49. The summed E-state index contributed by atoms with van der Waals surface area (Å²) in [5, 5.41) is 2.97. The van der Waals surface area contributed by atoms with Crippen LogP contribution in [0.25, 0.3) is 0 Å². The van der Waals surface area contributed by atoms with Crippen LogP contribution in [0, 0.1) is 13.8 Å². The van der Waals surface area contributed by atoms with Crippen molar-refractivity contribution >= 4 is 15.7 Å². The zero-order valence-electron chi connectivity index (χ0n) is 15.2. The van der Waals surface area contributed by atoms with Crippen molar-refractivity contribution in [2.45, 2.75) is 44.6 Å². The molecule has 0 aliphatic rings. The molecule has 134 valence electrons. The third-order valence-electron chi connectivity index (χ3n) is 4.31. The van der Waals surface area contributed by atoms with E-state index < -0.39 is 9.84 Å². The highest BCUT2D eigenvalue weighted by molar-refractivity contribution is 7.90. The summed E-state index contributed by atoms with van der Waals surface area (Å²) in [4.78, 5) is 12.5. The molecule has 2 aromatic rings. The van der Waals surface area contributed by atoms with E-state index in [0.717, 1.165) is 5.56 Å². The van der Waals surface area contributed by atoms with E-state index in [-0.39, 0.29) is 16.8 Å². The Balaban J connectivity index is 1.93. The molecule has 5 heteroatoms. The fourth-order valence-corrected chi connectivity index (χ4v) is 3.41. The number of carbonyl (C=O) groups excluding carboxylic acids is 1. The van der Waals surface area contributed by atoms with Crippen molar-refractivity contribution < 1.29 is 13.2 Å². The summed E-state index contributed by atoms with van der Waals surface area (Å²) in [7, 11) is -3.20. The van der Waals surface area contributed by atoms with Gasteiger partial charge in [-0.05, 0) is 56.0 Å². The Hall–Kier alpha value is -2.14. The molecule has 0 aliphatic heterocycles. The van der Waals surface area contributed by atoms with Crippen LogP contribution in [0.4, 0.5) is 0 Å². The van der Waals surface area contributed by atoms with E-state index >= 15 is 0 Å². The van der Waals surface area contributed by atoms with Gasteiger partial charge in [-0.1, -0.05) is 35.9 Å². The maximum atomic E-state index is 12.2. The molecule has 0 saturated carbocycles. The second kappa shape index (κ2) is 7.83. The zero-order chi connectivity index (χ0) is 18.6. The second-order valence-corrected chi connectivity index (χ2v) is 8.58. The molecular weight excluding hydrogens is 334 g/mol. The molecular formula is C20H25NO3S. The Morgan fingerprint density at radius 3 is 2.28 bits per heavy atom. The first-order valence-electron chi connectivity index (χ1n) is 8.32. The maximum Gasteiger partial charge on any atom is 0.220 e. The lowest BCUT2D eigenvalue weighted by Gasteiger charge is -2.15. The number of carbonyl (C=O) groups is 1. The molecule has 0 radical (unpaired) electrons. The van der Waals surface area contributed by atoms with Crippen LogP contribution in [0.15, 0.2) is 47.4 Å². The van der Waals surface area contributed by atoms with Crippen LogP contribution in [-0.4, -0.2) is 20.6 Å². The third kappa shape index (κ3) is 5.43. The van der Waals surface area contributed by atoms with Gasteiger partial charge in [-0.15, -0.1) is 0 Å². The molecule has 0 aliphatic carbocycles. The summed E-state index contributed by atoms with van der Waals surface area (Å²) in [6, 6.07) is 12.7. The van der Waals surface area contributed by atoms with E-state index in [1.54, 1.807) is 24.3 Å². The highest BCUT2D eigenvalue weighted by Gasteiger charge is 2.12. The van der Waals surface area contributed by atoms with Gasteiger partial charge in [0.25, 0.3) is 0 Å². The molecule has 4 nitrogen and oxygen atoms in total. The summed E-state index contributed by atoms with van der Waals surface area (Å²) < 4.78 is 23.0. The Kier molecular flexibility index (Phi) is 6.01. The van der Waals surface area contributed by atoms with Crippen LogP contribution in [0.3, 0.4) is 0 Å². The number of sulfone groups is 1. The minimum Gasteiger partial charge on any atom is -0.350 e. The van der Waals surface area contributed by atoms with E-state index in [1.807, 2.05) is 6.92 Å². The molecule has 1 atom stereocenters. The number of rotatable bonds is 6. The quantitative estimate of drug-likeness (QED) is 0.858. The van der Waals surface area contributed by atoms with Crippen LogP contribution >= 0.6 is 0 Å². The molecule has 0 spiro atoms. The van der Waals surface area contributed by atoms with Crippen molar-refractivity contribution in [1.29, 1.82) is 0 Å². The van der Waals surface area contributed by atoms with Gasteiger partial charge in [0.05, 0.1) is 10.9 Å². The number of aryl methyl sites for hydroxylation is 3. The van der Waals surface area contributed by atoms with Gasteiger partial charge in [0.2, 0.25) is 5.91 Å². The molecule has 1 unspecified atom stereocenters. The molecule has 0 aromatic heterocycles. The smallest absolute Gasteiger partial charge is 0.220 e. The maximum absolute atomic E-state index is 12.2. The average Bonchev–Trinajstić information content (AvgIpc) is 2.53. The van der Waals surface area contributed by atoms with Gasteiger partial charge >= 0.3 is 0 Å². The van der Waals surface area contributed by atoms with Gasteiger partial charge < -0.3 is 5.32 Å². The van der Waals surface area contributed by atoms with Gasteiger partial charge in [0.15, 0.2) is 9.84 Å². The lowest BCUT2D eigenvalue weighted by Crippen LogP contribution is -2.26. The minimum absolute atomic E-state index is 0.0142. The molecule has 1 amide bonds. The van der Waals surface area contributed by atoms with Gasteiger partial charge in [0.1, 0.15) is 0 Å². The van der Waals surface area contributed by atoms with Crippen LogP contribution in [0.5, 0.6) is 0 Å². The van der Waals surface area contributed by atoms with Crippen LogP contribution in [0.1, 0.15) is 41.6 Å². The zero-order valence-corrected chi connectivity index (χ0v) is 16.0. The Labute approximate surface area is 150 Å². The van der Waals surface area contributed by atoms with Gasteiger partial charge in [-0.3, -0.25) is 4.79 Å². The summed E-state index contributed by atoms with van der Waals surface area (Å²) in [5.74, 6) is -0.0142. The third-order valence-corrected chi connectivity index (χ3v) is 5.43. The predicted molar refractivity (Wildman–Crippen MR) is 100 cm³/mol. The highest BCUT2D eigenvalue weighted by atomic mass is 32.2. The second-order valence-electron chi connectivity index (χ2n) is 6.56. The molecule has 0 bridgehead atoms. The van der Waals surface area contributed by atoms with Crippen LogP contribution in [0.2, 0.25) is 0 Å². The molecule has 2 rings (SSSR count). The SMILES string of the molecule is Cc1ccc(CCC(=O)NC(C)c2ccc(S(C)(=O)=O)cc2)c(C)c1. The fourth-order valence-electron chi connectivity index (χ4n) is 2.78. The minimum atomic E-state index is -3.20. The van der Waals surface area contributed by atoms with Crippen molar-refractivity contribution in [2.75, 3.05) is 6.26 Å². The standard InChI is InChI=1S/C20H25NO3S/c1-14-5-6-17(15(2)13-14)9-12-20(22)21-16(3)18-7-10-19(11-8-18)25(4,23)24/h5-8,10-11,13,16H,9,12H2,1-4H3,(H,21,22). The number of nitrogens with one attached hydrogen (secondary N) is 1. The monoisotopic (exact) mass is 359 g/mol. The predicted octanol–water partition coefficient (Wildman–Crippen LogP) is 3.52. The normalized spacial score (nSPS) is 12.6. The molecule has 25 heavy (non-hydrogen) atoms.